The number of nitrogen functional groups attached to an aromatic ring is 1. The number of fused-ring (bicyclic) bond motifs is 2. The van der Waals surface area contributed by atoms with Gasteiger partial charge in [0.05, 0.1) is 21.4 Å². The Morgan fingerprint density at radius 3 is 2.45 bits per heavy atom. The third-order valence-electron chi connectivity index (χ3n) is 5.66. The lowest BCUT2D eigenvalue weighted by Gasteiger charge is -2.43. The number of anilines is 2. The van der Waals surface area contributed by atoms with Gasteiger partial charge in [0.25, 0.3) is 0 Å². The Balaban J connectivity index is 1.93. The molecule has 2 aliphatic carbocycles. The van der Waals surface area contributed by atoms with Crippen molar-refractivity contribution < 1.29 is 0 Å². The van der Waals surface area contributed by atoms with Crippen molar-refractivity contribution >= 4 is 34.6 Å². The molecule has 3 atom stereocenters. The normalized spacial score (nSPS) is 34.5. The number of halogens is 2. The van der Waals surface area contributed by atoms with Crippen LogP contribution in [-0.4, -0.2) is 6.04 Å². The summed E-state index contributed by atoms with van der Waals surface area (Å²) in [6, 6.07) is 4.01. The van der Waals surface area contributed by atoms with Gasteiger partial charge < -0.3 is 11.1 Å². The van der Waals surface area contributed by atoms with Crippen LogP contribution in [0.15, 0.2) is 12.1 Å². The third kappa shape index (κ3) is 2.00. The molecule has 0 heterocycles. The van der Waals surface area contributed by atoms with Crippen LogP contribution in [-0.2, 0) is 0 Å². The summed E-state index contributed by atoms with van der Waals surface area (Å²) in [7, 11) is 0. The van der Waals surface area contributed by atoms with E-state index in [2.05, 4.69) is 26.1 Å². The summed E-state index contributed by atoms with van der Waals surface area (Å²) in [4.78, 5) is 0. The van der Waals surface area contributed by atoms with Crippen LogP contribution in [0, 0.1) is 16.7 Å². The fourth-order valence-corrected chi connectivity index (χ4v) is 4.84. The van der Waals surface area contributed by atoms with Gasteiger partial charge in [0.15, 0.2) is 0 Å². The minimum absolute atomic E-state index is 0.283. The highest BCUT2D eigenvalue weighted by atomic mass is 35.5. The topological polar surface area (TPSA) is 38.0 Å². The van der Waals surface area contributed by atoms with Gasteiger partial charge in [-0.3, -0.25) is 0 Å². The molecule has 0 aliphatic heterocycles. The van der Waals surface area contributed by atoms with Crippen molar-refractivity contribution in [3.63, 3.8) is 0 Å². The fraction of sp³-hybridized carbons (Fsp3) is 0.625. The molecule has 1 aromatic carbocycles. The maximum Gasteiger partial charge on any atom is 0.0614 e. The number of nitrogens with one attached hydrogen (secondary N) is 1. The number of benzene rings is 1. The highest BCUT2D eigenvalue weighted by molar-refractivity contribution is 6.42. The second-order valence-electron chi connectivity index (χ2n) is 7.35. The van der Waals surface area contributed by atoms with Gasteiger partial charge in [0.2, 0.25) is 0 Å². The molecule has 2 bridgehead atoms. The summed E-state index contributed by atoms with van der Waals surface area (Å²) in [5.74, 6) is 0.800. The first-order valence-electron chi connectivity index (χ1n) is 7.25. The average molecular weight is 313 g/mol. The first-order chi connectivity index (χ1) is 9.24. The van der Waals surface area contributed by atoms with Crippen LogP contribution in [0.2, 0.25) is 10.0 Å². The van der Waals surface area contributed by atoms with E-state index in [1.54, 1.807) is 6.07 Å². The summed E-state index contributed by atoms with van der Waals surface area (Å²) in [6.07, 6.45) is 3.94. The Kier molecular flexibility index (Phi) is 3.19. The molecule has 0 spiro atoms. The van der Waals surface area contributed by atoms with Gasteiger partial charge in [-0.1, -0.05) is 44.0 Å². The average Bonchev–Trinajstić information content (AvgIpc) is 2.82. The van der Waals surface area contributed by atoms with E-state index in [9.17, 15) is 0 Å². The Morgan fingerprint density at radius 1 is 1.20 bits per heavy atom. The second kappa shape index (κ2) is 4.45. The predicted molar refractivity (Wildman–Crippen MR) is 87.5 cm³/mol. The molecule has 2 aliphatic rings. The zero-order valence-corrected chi connectivity index (χ0v) is 13.8. The number of hydrogen-bond acceptors (Lipinski definition) is 2. The molecule has 110 valence electrons. The lowest BCUT2D eigenvalue weighted by atomic mass is 9.68. The molecule has 3 N–H and O–H groups in total. The van der Waals surface area contributed by atoms with Crippen molar-refractivity contribution in [1.82, 2.24) is 0 Å². The molecule has 0 amide bonds. The summed E-state index contributed by atoms with van der Waals surface area (Å²) in [5, 5.41) is 4.73. The smallest absolute Gasteiger partial charge is 0.0614 e. The van der Waals surface area contributed by atoms with Gasteiger partial charge in [-0.25, -0.2) is 0 Å². The molecule has 2 nitrogen and oxygen atoms in total. The molecule has 20 heavy (non-hydrogen) atoms. The van der Waals surface area contributed by atoms with Crippen LogP contribution in [0.1, 0.15) is 40.0 Å². The summed E-state index contributed by atoms with van der Waals surface area (Å²) in [6.45, 7) is 7.13. The highest BCUT2D eigenvalue weighted by Crippen LogP contribution is 2.63. The SMILES string of the molecule is CC12CCC(C1)C(C)(C)C2Nc1cc(Cl)c(Cl)cc1N. The molecular weight excluding hydrogens is 291 g/mol. The van der Waals surface area contributed by atoms with Crippen LogP contribution < -0.4 is 11.1 Å². The third-order valence-corrected chi connectivity index (χ3v) is 6.38. The van der Waals surface area contributed by atoms with Crippen LogP contribution >= 0.6 is 23.2 Å². The summed E-state index contributed by atoms with van der Waals surface area (Å²) in [5.41, 5.74) is 8.31. The standard InChI is InChI=1S/C16H22Cl2N2/c1-15(2)9-4-5-16(3,8-9)14(15)20-13-7-11(18)10(17)6-12(13)19/h6-7,9,14,20H,4-5,8,19H2,1-3H3. The van der Waals surface area contributed by atoms with E-state index in [0.717, 1.165) is 11.6 Å². The molecule has 0 aromatic heterocycles. The molecular formula is C16H22Cl2N2. The highest BCUT2D eigenvalue weighted by Gasteiger charge is 2.59. The quantitative estimate of drug-likeness (QED) is 0.736. The molecule has 0 saturated heterocycles. The van der Waals surface area contributed by atoms with Gasteiger partial charge >= 0.3 is 0 Å². The van der Waals surface area contributed by atoms with Crippen LogP contribution in [0.4, 0.5) is 11.4 Å². The maximum absolute atomic E-state index is 6.13. The molecule has 1 aromatic rings. The van der Waals surface area contributed by atoms with Crippen LogP contribution in [0.25, 0.3) is 0 Å². The summed E-state index contributed by atoms with van der Waals surface area (Å²) >= 11 is 12.1. The molecule has 4 heteroatoms. The van der Waals surface area contributed by atoms with Crippen molar-refractivity contribution in [3.05, 3.63) is 22.2 Å². The predicted octanol–water partition coefficient (Wildman–Crippen LogP) is 5.20. The Bertz CT molecular complexity index is 551. The van der Waals surface area contributed by atoms with E-state index >= 15 is 0 Å². The van der Waals surface area contributed by atoms with Gasteiger partial charge in [0.1, 0.15) is 0 Å². The van der Waals surface area contributed by atoms with Crippen molar-refractivity contribution in [2.75, 3.05) is 11.1 Å². The van der Waals surface area contributed by atoms with Gasteiger partial charge in [-0.2, -0.15) is 0 Å². The van der Waals surface area contributed by atoms with Gasteiger partial charge in [-0.05, 0) is 48.1 Å². The Morgan fingerprint density at radius 2 is 1.85 bits per heavy atom. The molecule has 3 unspecified atom stereocenters. The largest absolute Gasteiger partial charge is 0.397 e. The van der Waals surface area contributed by atoms with Crippen LogP contribution in [0.3, 0.4) is 0 Å². The van der Waals surface area contributed by atoms with Crippen molar-refractivity contribution in [3.8, 4) is 0 Å². The lowest BCUT2D eigenvalue weighted by Crippen LogP contribution is -2.45. The first kappa shape index (κ1) is 14.3. The second-order valence-corrected chi connectivity index (χ2v) is 8.16. The van der Waals surface area contributed by atoms with E-state index in [1.807, 2.05) is 6.07 Å². The first-order valence-corrected chi connectivity index (χ1v) is 8.01. The molecule has 2 saturated carbocycles. The van der Waals surface area contributed by atoms with Crippen molar-refractivity contribution in [1.29, 1.82) is 0 Å². The number of nitrogens with two attached hydrogens (primary N) is 1. The van der Waals surface area contributed by atoms with Crippen LogP contribution in [0.5, 0.6) is 0 Å². The number of hydrogen-bond donors (Lipinski definition) is 2. The van der Waals surface area contributed by atoms with Crippen molar-refractivity contribution in [2.45, 2.75) is 46.1 Å². The minimum Gasteiger partial charge on any atom is -0.397 e. The zero-order chi connectivity index (χ0) is 14.7. The molecule has 2 fully saturated rings. The minimum atomic E-state index is 0.283. The monoisotopic (exact) mass is 312 g/mol. The summed E-state index contributed by atoms with van der Waals surface area (Å²) < 4.78 is 0. The van der Waals surface area contributed by atoms with E-state index in [-0.39, 0.29) is 5.41 Å². The maximum atomic E-state index is 6.13. The van der Waals surface area contributed by atoms with E-state index in [1.165, 1.54) is 19.3 Å². The lowest BCUT2D eigenvalue weighted by molar-refractivity contribution is 0.155. The molecule has 0 radical (unpaired) electrons. The van der Waals surface area contributed by atoms with Crippen molar-refractivity contribution in [2.24, 2.45) is 16.7 Å². The molecule has 3 rings (SSSR count). The van der Waals surface area contributed by atoms with Gasteiger partial charge in [-0.15, -0.1) is 0 Å². The Labute approximate surface area is 131 Å². The zero-order valence-electron chi connectivity index (χ0n) is 12.3. The van der Waals surface area contributed by atoms with E-state index in [4.69, 9.17) is 28.9 Å². The number of rotatable bonds is 2. The Hall–Kier alpha value is -0.600. The van der Waals surface area contributed by atoms with E-state index < -0.39 is 0 Å². The van der Waals surface area contributed by atoms with Gasteiger partial charge in [0, 0.05) is 6.04 Å². The van der Waals surface area contributed by atoms with E-state index in [0.29, 0.717) is 27.2 Å². The fourth-order valence-electron chi connectivity index (χ4n) is 4.50.